The molecule has 0 aliphatic heterocycles. The van der Waals surface area contributed by atoms with Gasteiger partial charge >= 0.3 is 5.97 Å². The quantitative estimate of drug-likeness (QED) is 0.888. The molecule has 1 fully saturated rings. The smallest absolute Gasteiger partial charge is 0.354 e. The fourth-order valence-corrected chi connectivity index (χ4v) is 2.73. The number of hydrogen-bond acceptors (Lipinski definition) is 3. The highest BCUT2D eigenvalue weighted by atomic mass is 16.4. The average molecular weight is 276 g/mol. The third kappa shape index (κ3) is 3.15. The zero-order valence-electron chi connectivity index (χ0n) is 11.8. The van der Waals surface area contributed by atoms with Gasteiger partial charge in [-0.15, -0.1) is 0 Å². The Morgan fingerprint density at radius 3 is 2.80 bits per heavy atom. The summed E-state index contributed by atoms with van der Waals surface area (Å²) in [6, 6.07) is 3.01. The fraction of sp³-hybridized carbons (Fsp3) is 0.533. The first-order chi connectivity index (χ1) is 9.49. The molecule has 0 radical (unpaired) electrons. The molecule has 5 nitrogen and oxygen atoms in total. The van der Waals surface area contributed by atoms with Crippen molar-refractivity contribution in [1.29, 1.82) is 0 Å². The lowest BCUT2D eigenvalue weighted by Gasteiger charge is -2.34. The number of nitrogens with one attached hydrogen (secondary N) is 1. The van der Waals surface area contributed by atoms with Crippen LogP contribution in [0, 0.1) is 11.8 Å². The number of rotatable bonds is 3. The summed E-state index contributed by atoms with van der Waals surface area (Å²) < 4.78 is 0. The average Bonchev–Trinajstić information content (AvgIpc) is 2.44. The van der Waals surface area contributed by atoms with Gasteiger partial charge in [0, 0.05) is 17.8 Å². The number of amides is 1. The van der Waals surface area contributed by atoms with Gasteiger partial charge in [-0.05, 0) is 30.4 Å². The molecular formula is C15H20N2O3. The van der Waals surface area contributed by atoms with Gasteiger partial charge in [0.2, 0.25) is 0 Å². The normalized spacial score (nSPS) is 26.0. The van der Waals surface area contributed by atoms with Crippen LogP contribution in [0.1, 0.15) is 54.0 Å². The van der Waals surface area contributed by atoms with Crippen LogP contribution in [0.15, 0.2) is 18.3 Å². The van der Waals surface area contributed by atoms with E-state index < -0.39 is 5.97 Å². The molecule has 2 N–H and O–H groups in total. The highest BCUT2D eigenvalue weighted by Gasteiger charge is 2.28. The second kappa shape index (κ2) is 6.03. The van der Waals surface area contributed by atoms with Gasteiger partial charge < -0.3 is 10.4 Å². The highest BCUT2D eigenvalue weighted by molar-refractivity contribution is 5.96. The summed E-state index contributed by atoms with van der Waals surface area (Å²) >= 11 is 0. The minimum atomic E-state index is -1.13. The maximum atomic E-state index is 12.2. The summed E-state index contributed by atoms with van der Waals surface area (Å²) in [6.07, 6.45) is 4.65. The van der Waals surface area contributed by atoms with E-state index in [9.17, 15) is 9.59 Å². The summed E-state index contributed by atoms with van der Waals surface area (Å²) in [5.74, 6) is -0.310. The molecule has 0 spiro atoms. The van der Waals surface area contributed by atoms with E-state index in [4.69, 9.17) is 5.11 Å². The Balaban J connectivity index is 2.08. The summed E-state index contributed by atoms with van der Waals surface area (Å²) in [7, 11) is 0. The Kier molecular flexibility index (Phi) is 4.37. The Hall–Kier alpha value is -1.91. The van der Waals surface area contributed by atoms with Gasteiger partial charge in [-0.3, -0.25) is 4.79 Å². The van der Waals surface area contributed by atoms with Gasteiger partial charge in [0.1, 0.15) is 5.69 Å². The Bertz CT molecular complexity index is 516. The molecule has 108 valence electrons. The molecular weight excluding hydrogens is 256 g/mol. The standard InChI is InChI=1S/C15H20N2O3/c1-9-4-3-5-12(10(9)2)17-14(18)11-6-7-16-13(8-11)15(19)20/h6-10,12H,3-5H2,1-2H3,(H,17,18)(H,19,20). The van der Waals surface area contributed by atoms with Crippen molar-refractivity contribution in [3.63, 3.8) is 0 Å². The molecule has 0 saturated heterocycles. The van der Waals surface area contributed by atoms with E-state index in [1.807, 2.05) is 0 Å². The van der Waals surface area contributed by atoms with Crippen molar-refractivity contribution in [3.8, 4) is 0 Å². The molecule has 5 heteroatoms. The Morgan fingerprint density at radius 1 is 1.35 bits per heavy atom. The molecule has 2 rings (SSSR count). The lowest BCUT2D eigenvalue weighted by atomic mass is 9.78. The lowest BCUT2D eigenvalue weighted by Crippen LogP contribution is -2.43. The van der Waals surface area contributed by atoms with Crippen molar-refractivity contribution in [2.45, 2.75) is 39.2 Å². The SMILES string of the molecule is CC1CCCC(NC(=O)c2ccnc(C(=O)O)c2)C1C. The molecule has 1 aromatic heterocycles. The number of aromatic nitrogens is 1. The molecule has 0 aromatic carbocycles. The monoisotopic (exact) mass is 276 g/mol. The summed E-state index contributed by atoms with van der Waals surface area (Å²) in [6.45, 7) is 4.36. The van der Waals surface area contributed by atoms with Crippen LogP contribution in [0.4, 0.5) is 0 Å². The first-order valence-electron chi connectivity index (χ1n) is 6.99. The molecule has 3 unspecified atom stereocenters. The van der Waals surface area contributed by atoms with E-state index in [0.717, 1.165) is 12.8 Å². The third-order valence-corrected chi connectivity index (χ3v) is 4.26. The molecule has 1 aliphatic rings. The number of hydrogen-bond donors (Lipinski definition) is 2. The molecule has 0 bridgehead atoms. The van der Waals surface area contributed by atoms with Crippen LogP contribution in [0.2, 0.25) is 0 Å². The van der Waals surface area contributed by atoms with Gasteiger partial charge in [-0.1, -0.05) is 26.7 Å². The van der Waals surface area contributed by atoms with Crippen molar-refractivity contribution < 1.29 is 14.7 Å². The second-order valence-electron chi connectivity index (χ2n) is 5.58. The van der Waals surface area contributed by atoms with Gasteiger partial charge in [0.25, 0.3) is 5.91 Å². The number of carboxylic acids is 1. The van der Waals surface area contributed by atoms with Crippen LogP contribution in [0.3, 0.4) is 0 Å². The molecule has 20 heavy (non-hydrogen) atoms. The van der Waals surface area contributed by atoms with E-state index in [0.29, 0.717) is 17.4 Å². The fourth-order valence-electron chi connectivity index (χ4n) is 2.73. The number of carbonyl (C=O) groups is 2. The topological polar surface area (TPSA) is 79.3 Å². The number of pyridine rings is 1. The van der Waals surface area contributed by atoms with Crippen LogP contribution < -0.4 is 5.32 Å². The number of carboxylic acid groups (broad SMARTS) is 1. The highest BCUT2D eigenvalue weighted by Crippen LogP contribution is 2.29. The molecule has 1 aliphatic carbocycles. The Labute approximate surface area is 118 Å². The first-order valence-corrected chi connectivity index (χ1v) is 6.99. The van der Waals surface area contributed by atoms with Crippen LogP contribution in [0.25, 0.3) is 0 Å². The maximum absolute atomic E-state index is 12.2. The van der Waals surface area contributed by atoms with Crippen molar-refractivity contribution in [2.75, 3.05) is 0 Å². The van der Waals surface area contributed by atoms with Gasteiger partial charge in [0.05, 0.1) is 0 Å². The van der Waals surface area contributed by atoms with Crippen molar-refractivity contribution in [2.24, 2.45) is 11.8 Å². The maximum Gasteiger partial charge on any atom is 0.354 e. The van der Waals surface area contributed by atoms with Gasteiger partial charge in [-0.2, -0.15) is 0 Å². The van der Waals surface area contributed by atoms with Crippen LogP contribution >= 0.6 is 0 Å². The van der Waals surface area contributed by atoms with Gasteiger partial charge in [0.15, 0.2) is 0 Å². The van der Waals surface area contributed by atoms with Crippen molar-refractivity contribution >= 4 is 11.9 Å². The third-order valence-electron chi connectivity index (χ3n) is 4.26. The molecule has 1 saturated carbocycles. The number of aromatic carboxylic acids is 1. The van der Waals surface area contributed by atoms with Crippen molar-refractivity contribution in [1.82, 2.24) is 10.3 Å². The minimum Gasteiger partial charge on any atom is -0.477 e. The largest absolute Gasteiger partial charge is 0.477 e. The molecule has 3 atom stereocenters. The minimum absolute atomic E-state index is 0.109. The van der Waals surface area contributed by atoms with Crippen molar-refractivity contribution in [3.05, 3.63) is 29.6 Å². The van der Waals surface area contributed by atoms with E-state index in [1.54, 1.807) is 6.07 Å². The summed E-state index contributed by atoms with van der Waals surface area (Å²) in [5.41, 5.74) is 0.241. The van der Waals surface area contributed by atoms with E-state index in [-0.39, 0.29) is 17.6 Å². The van der Waals surface area contributed by atoms with E-state index >= 15 is 0 Å². The van der Waals surface area contributed by atoms with Crippen LogP contribution in [-0.2, 0) is 0 Å². The van der Waals surface area contributed by atoms with Crippen LogP contribution in [-0.4, -0.2) is 28.0 Å². The van der Waals surface area contributed by atoms with Gasteiger partial charge in [-0.25, -0.2) is 9.78 Å². The first kappa shape index (κ1) is 14.5. The Morgan fingerprint density at radius 2 is 2.10 bits per heavy atom. The predicted octanol–water partition coefficient (Wildman–Crippen LogP) is 2.33. The molecule has 1 heterocycles. The molecule has 1 aromatic rings. The lowest BCUT2D eigenvalue weighted by molar-refractivity contribution is 0.0690. The second-order valence-corrected chi connectivity index (χ2v) is 5.58. The summed E-state index contributed by atoms with van der Waals surface area (Å²) in [5, 5.41) is 11.9. The molecule has 1 amide bonds. The predicted molar refractivity (Wildman–Crippen MR) is 74.6 cm³/mol. The van der Waals surface area contributed by atoms with Crippen LogP contribution in [0.5, 0.6) is 0 Å². The zero-order valence-corrected chi connectivity index (χ0v) is 11.8. The number of carbonyl (C=O) groups excluding carboxylic acids is 1. The van der Waals surface area contributed by atoms with E-state index in [2.05, 4.69) is 24.1 Å². The summed E-state index contributed by atoms with van der Waals surface area (Å²) in [4.78, 5) is 26.8. The zero-order chi connectivity index (χ0) is 14.7. The van der Waals surface area contributed by atoms with E-state index in [1.165, 1.54) is 18.7 Å². The number of nitrogens with zero attached hydrogens (tertiary/aromatic N) is 1.